The molecule has 0 spiro atoms. The largest absolute Gasteiger partial charge is 0.480 e. The van der Waals surface area contributed by atoms with Gasteiger partial charge in [-0.1, -0.05) is 12.1 Å². The molecule has 1 N–H and O–H groups in total. The molecule has 1 aliphatic heterocycles. The summed E-state index contributed by atoms with van der Waals surface area (Å²) in [7, 11) is 0. The van der Waals surface area contributed by atoms with Crippen molar-refractivity contribution in [3.8, 4) is 0 Å². The van der Waals surface area contributed by atoms with Gasteiger partial charge in [-0.3, -0.25) is 9.59 Å². The van der Waals surface area contributed by atoms with Crippen LogP contribution in [0.15, 0.2) is 34.8 Å². The first kappa shape index (κ1) is 16.2. The molecule has 7 heteroatoms. The smallest absolute Gasteiger partial charge is 0.323 e. The van der Waals surface area contributed by atoms with Gasteiger partial charge in [0.25, 0.3) is 0 Å². The minimum absolute atomic E-state index is 0.129. The Labute approximate surface area is 138 Å². The SMILES string of the molecule is O=C(O)CN(C(=O)C=Cc1nc2ccccc2o1)C1CCOCC1. The zero-order valence-corrected chi connectivity index (χ0v) is 13.1. The number of carboxylic acids is 1. The van der Waals surface area contributed by atoms with E-state index >= 15 is 0 Å². The van der Waals surface area contributed by atoms with Crippen molar-refractivity contribution in [1.82, 2.24) is 9.88 Å². The Morgan fingerprint density at radius 3 is 2.75 bits per heavy atom. The molecular weight excluding hydrogens is 312 g/mol. The summed E-state index contributed by atoms with van der Waals surface area (Å²) in [5.74, 6) is -1.09. The quantitative estimate of drug-likeness (QED) is 0.842. The summed E-state index contributed by atoms with van der Waals surface area (Å²) >= 11 is 0. The minimum atomic E-state index is -1.04. The van der Waals surface area contributed by atoms with Crippen LogP contribution in [0.2, 0.25) is 0 Å². The first-order valence-corrected chi connectivity index (χ1v) is 7.77. The van der Waals surface area contributed by atoms with E-state index in [-0.39, 0.29) is 18.5 Å². The van der Waals surface area contributed by atoms with Gasteiger partial charge in [0, 0.05) is 31.4 Å². The number of oxazole rings is 1. The molecule has 1 amide bonds. The molecule has 1 saturated heterocycles. The summed E-state index contributed by atoms with van der Waals surface area (Å²) in [6, 6.07) is 7.17. The summed E-state index contributed by atoms with van der Waals surface area (Å²) in [6.45, 7) is 0.729. The standard InChI is InChI=1S/C17H18N2O5/c20-16(19(11-17(21)22)12-7-9-23-10-8-12)6-5-15-18-13-3-1-2-4-14(13)24-15/h1-6,12H,7-11H2,(H,21,22). The third-order valence-corrected chi connectivity index (χ3v) is 3.90. The van der Waals surface area contributed by atoms with Crippen molar-refractivity contribution in [2.24, 2.45) is 0 Å². The number of carbonyl (C=O) groups is 2. The number of benzene rings is 1. The average Bonchev–Trinajstić information content (AvgIpc) is 3.01. The Bertz CT molecular complexity index is 728. The first-order chi connectivity index (χ1) is 11.6. The van der Waals surface area contributed by atoms with Gasteiger partial charge in [-0.05, 0) is 25.0 Å². The third-order valence-electron chi connectivity index (χ3n) is 3.90. The van der Waals surface area contributed by atoms with Crippen LogP contribution < -0.4 is 0 Å². The molecule has 1 aromatic carbocycles. The topological polar surface area (TPSA) is 92.9 Å². The highest BCUT2D eigenvalue weighted by Gasteiger charge is 2.26. The van der Waals surface area contributed by atoms with Crippen LogP contribution in [-0.4, -0.2) is 52.7 Å². The van der Waals surface area contributed by atoms with Crippen LogP contribution in [0.5, 0.6) is 0 Å². The molecule has 0 aliphatic carbocycles. The van der Waals surface area contributed by atoms with Gasteiger partial charge in [-0.15, -0.1) is 0 Å². The van der Waals surface area contributed by atoms with Gasteiger partial charge in [-0.2, -0.15) is 0 Å². The number of ether oxygens (including phenoxy) is 1. The fourth-order valence-electron chi connectivity index (χ4n) is 2.73. The first-order valence-electron chi connectivity index (χ1n) is 7.77. The molecule has 126 valence electrons. The normalized spacial score (nSPS) is 15.8. The number of hydrogen-bond acceptors (Lipinski definition) is 5. The third kappa shape index (κ3) is 3.80. The molecular formula is C17H18N2O5. The second kappa shape index (κ2) is 7.27. The van der Waals surface area contributed by atoms with Gasteiger partial charge < -0.3 is 19.2 Å². The summed E-state index contributed by atoms with van der Waals surface area (Å²) < 4.78 is 10.8. The molecule has 0 radical (unpaired) electrons. The zero-order chi connectivity index (χ0) is 16.9. The van der Waals surface area contributed by atoms with Gasteiger partial charge in [0.15, 0.2) is 5.58 Å². The Morgan fingerprint density at radius 1 is 1.29 bits per heavy atom. The summed E-state index contributed by atoms with van der Waals surface area (Å²) in [5.41, 5.74) is 1.34. The summed E-state index contributed by atoms with van der Waals surface area (Å²) in [5, 5.41) is 9.06. The molecule has 0 atom stereocenters. The van der Waals surface area contributed by atoms with Crippen LogP contribution in [0, 0.1) is 0 Å². The Kier molecular flexibility index (Phi) is 4.90. The van der Waals surface area contributed by atoms with E-state index in [0.29, 0.717) is 43.0 Å². The Hall–Kier alpha value is -2.67. The highest BCUT2D eigenvalue weighted by atomic mass is 16.5. The number of hydrogen-bond donors (Lipinski definition) is 1. The van der Waals surface area contributed by atoms with E-state index in [9.17, 15) is 9.59 Å². The highest BCUT2D eigenvalue weighted by molar-refractivity contribution is 5.93. The van der Waals surface area contributed by atoms with Crippen molar-refractivity contribution in [1.29, 1.82) is 0 Å². The average molecular weight is 330 g/mol. The van der Waals surface area contributed by atoms with Crippen molar-refractivity contribution in [3.05, 3.63) is 36.2 Å². The van der Waals surface area contributed by atoms with Crippen LogP contribution in [-0.2, 0) is 14.3 Å². The lowest BCUT2D eigenvalue weighted by atomic mass is 10.1. The number of para-hydroxylation sites is 2. The molecule has 7 nitrogen and oxygen atoms in total. The lowest BCUT2D eigenvalue weighted by Gasteiger charge is -2.32. The second-order valence-electron chi connectivity index (χ2n) is 5.56. The van der Waals surface area contributed by atoms with Crippen LogP contribution in [0.25, 0.3) is 17.2 Å². The molecule has 0 saturated carbocycles. The molecule has 1 aromatic heterocycles. The van der Waals surface area contributed by atoms with E-state index in [0.717, 1.165) is 0 Å². The van der Waals surface area contributed by atoms with E-state index in [2.05, 4.69) is 4.98 Å². The Morgan fingerprint density at radius 2 is 2.04 bits per heavy atom. The monoisotopic (exact) mass is 330 g/mol. The van der Waals surface area contributed by atoms with Crippen molar-refractivity contribution < 1.29 is 23.8 Å². The van der Waals surface area contributed by atoms with Gasteiger partial charge in [0.2, 0.25) is 11.8 Å². The number of carbonyl (C=O) groups excluding carboxylic acids is 1. The molecule has 3 rings (SSSR count). The van der Waals surface area contributed by atoms with E-state index < -0.39 is 5.97 Å². The van der Waals surface area contributed by atoms with Crippen LogP contribution in [0.3, 0.4) is 0 Å². The Balaban J connectivity index is 1.74. The predicted molar refractivity (Wildman–Crippen MR) is 86.2 cm³/mol. The summed E-state index contributed by atoms with van der Waals surface area (Å²) in [4.78, 5) is 29.1. The lowest BCUT2D eigenvalue weighted by molar-refractivity contribution is -0.145. The maximum Gasteiger partial charge on any atom is 0.323 e. The van der Waals surface area contributed by atoms with Gasteiger partial charge in [0.05, 0.1) is 0 Å². The molecule has 0 unspecified atom stereocenters. The lowest BCUT2D eigenvalue weighted by Crippen LogP contribution is -2.45. The number of amides is 1. The van der Waals surface area contributed by atoms with Crippen LogP contribution in [0.1, 0.15) is 18.7 Å². The van der Waals surface area contributed by atoms with Crippen molar-refractivity contribution in [3.63, 3.8) is 0 Å². The number of nitrogens with zero attached hydrogens (tertiary/aromatic N) is 2. The fourth-order valence-corrected chi connectivity index (χ4v) is 2.73. The van der Waals surface area contributed by atoms with E-state index in [1.165, 1.54) is 17.1 Å². The number of aromatic nitrogens is 1. The van der Waals surface area contributed by atoms with Crippen molar-refractivity contribution >= 4 is 29.1 Å². The fraction of sp³-hybridized carbons (Fsp3) is 0.353. The van der Waals surface area contributed by atoms with Crippen LogP contribution in [0.4, 0.5) is 0 Å². The highest BCUT2D eigenvalue weighted by Crippen LogP contribution is 2.17. The summed E-state index contributed by atoms with van der Waals surface area (Å²) in [6.07, 6.45) is 4.05. The van der Waals surface area contributed by atoms with E-state index in [4.69, 9.17) is 14.3 Å². The van der Waals surface area contributed by atoms with Crippen molar-refractivity contribution in [2.75, 3.05) is 19.8 Å². The number of aliphatic carboxylic acids is 1. The van der Waals surface area contributed by atoms with E-state index in [1.54, 1.807) is 6.07 Å². The number of carboxylic acid groups (broad SMARTS) is 1. The minimum Gasteiger partial charge on any atom is -0.480 e. The molecule has 2 aromatic rings. The van der Waals surface area contributed by atoms with Crippen molar-refractivity contribution in [2.45, 2.75) is 18.9 Å². The zero-order valence-electron chi connectivity index (χ0n) is 13.1. The maximum atomic E-state index is 12.4. The van der Waals surface area contributed by atoms with Gasteiger partial charge in [0.1, 0.15) is 12.1 Å². The van der Waals surface area contributed by atoms with Gasteiger partial charge in [-0.25, -0.2) is 4.98 Å². The number of rotatable bonds is 5. The van der Waals surface area contributed by atoms with E-state index in [1.807, 2.05) is 18.2 Å². The maximum absolute atomic E-state index is 12.4. The molecule has 1 fully saturated rings. The van der Waals surface area contributed by atoms with Crippen LogP contribution >= 0.6 is 0 Å². The molecule has 2 heterocycles. The van der Waals surface area contributed by atoms with Gasteiger partial charge >= 0.3 is 5.97 Å². The predicted octanol–water partition coefficient (Wildman–Crippen LogP) is 1.93. The molecule has 0 bridgehead atoms. The number of fused-ring (bicyclic) bond motifs is 1. The molecule has 24 heavy (non-hydrogen) atoms. The second-order valence-corrected chi connectivity index (χ2v) is 5.56. The molecule has 1 aliphatic rings.